The molecule has 1 unspecified atom stereocenters. The number of carbonyl (C=O) groups is 2. The van der Waals surface area contributed by atoms with Crippen molar-refractivity contribution < 1.29 is 23.8 Å². The van der Waals surface area contributed by atoms with Gasteiger partial charge in [-0.05, 0) is 50.2 Å². The molecule has 1 amide bonds. The van der Waals surface area contributed by atoms with E-state index in [9.17, 15) is 9.59 Å². The Morgan fingerprint density at radius 1 is 1.25 bits per heavy atom. The number of hydrogen-bond acceptors (Lipinski definition) is 5. The normalized spacial score (nSPS) is 14.8. The number of amides is 1. The first-order valence-electron chi connectivity index (χ1n) is 9.11. The largest absolute Gasteiger partial charge is 0.493 e. The van der Waals surface area contributed by atoms with E-state index in [1.165, 1.54) is 0 Å². The zero-order valence-corrected chi connectivity index (χ0v) is 16.5. The molecule has 2 aromatic carbocycles. The van der Waals surface area contributed by atoms with E-state index in [1.807, 2.05) is 26.0 Å². The van der Waals surface area contributed by atoms with Crippen LogP contribution < -0.4 is 14.8 Å². The molecule has 7 heteroatoms. The number of carbonyl (C=O) groups excluding carboxylic acids is 2. The SMILES string of the molecule is CCOc1cc2c(cc1COC(=O)CNC(=O)c1ccc(Cl)cc1)OC(C)C2. The maximum Gasteiger partial charge on any atom is 0.325 e. The Bertz CT molecular complexity index is 866. The van der Waals surface area contributed by atoms with Gasteiger partial charge in [0, 0.05) is 28.1 Å². The lowest BCUT2D eigenvalue weighted by molar-refractivity contribution is -0.143. The number of hydrogen-bond donors (Lipinski definition) is 1. The predicted octanol–water partition coefficient (Wildman–Crippen LogP) is 3.54. The maximum atomic E-state index is 12.0. The van der Waals surface area contributed by atoms with Crippen LogP contribution >= 0.6 is 11.6 Å². The summed E-state index contributed by atoms with van der Waals surface area (Å²) in [5.41, 5.74) is 2.23. The molecule has 1 atom stereocenters. The Hall–Kier alpha value is -2.73. The third kappa shape index (κ3) is 4.95. The average molecular weight is 404 g/mol. The summed E-state index contributed by atoms with van der Waals surface area (Å²) < 4.78 is 16.7. The molecule has 0 spiro atoms. The van der Waals surface area contributed by atoms with E-state index >= 15 is 0 Å². The highest BCUT2D eigenvalue weighted by Crippen LogP contribution is 2.35. The smallest absolute Gasteiger partial charge is 0.325 e. The molecule has 6 nitrogen and oxygen atoms in total. The van der Waals surface area contributed by atoms with Crippen molar-refractivity contribution in [2.75, 3.05) is 13.2 Å². The standard InChI is InChI=1S/C21H22ClNO5/c1-3-26-18-9-15-8-13(2)28-19(15)10-16(18)12-27-20(24)11-23-21(25)14-4-6-17(22)7-5-14/h4-7,9-10,13H,3,8,11-12H2,1-2H3,(H,23,25). The zero-order valence-electron chi connectivity index (χ0n) is 15.8. The van der Waals surface area contributed by atoms with Crippen LogP contribution in [0.1, 0.15) is 35.3 Å². The molecule has 0 bridgehead atoms. The molecule has 148 valence electrons. The average Bonchev–Trinajstić information content (AvgIpc) is 3.03. The van der Waals surface area contributed by atoms with Crippen LogP contribution in [0.25, 0.3) is 0 Å². The molecule has 0 fully saturated rings. The van der Waals surface area contributed by atoms with Crippen LogP contribution in [0.4, 0.5) is 0 Å². The van der Waals surface area contributed by atoms with Crippen LogP contribution in [0.5, 0.6) is 11.5 Å². The quantitative estimate of drug-likeness (QED) is 0.716. The summed E-state index contributed by atoms with van der Waals surface area (Å²) in [5, 5.41) is 3.07. The predicted molar refractivity (Wildman–Crippen MR) is 105 cm³/mol. The molecular weight excluding hydrogens is 382 g/mol. The van der Waals surface area contributed by atoms with Crippen molar-refractivity contribution in [3.63, 3.8) is 0 Å². The fourth-order valence-electron chi connectivity index (χ4n) is 2.95. The van der Waals surface area contributed by atoms with Gasteiger partial charge in [0.05, 0.1) is 6.61 Å². The highest BCUT2D eigenvalue weighted by atomic mass is 35.5. The lowest BCUT2D eigenvalue weighted by atomic mass is 10.1. The molecule has 1 N–H and O–H groups in total. The Balaban J connectivity index is 1.56. The van der Waals surface area contributed by atoms with Crippen molar-refractivity contribution in [3.8, 4) is 11.5 Å². The van der Waals surface area contributed by atoms with Gasteiger partial charge in [-0.1, -0.05) is 11.6 Å². The second-order valence-corrected chi connectivity index (χ2v) is 6.92. The van der Waals surface area contributed by atoms with E-state index in [2.05, 4.69) is 5.32 Å². The Morgan fingerprint density at radius 3 is 2.71 bits per heavy atom. The molecule has 0 saturated heterocycles. The second-order valence-electron chi connectivity index (χ2n) is 6.48. The van der Waals surface area contributed by atoms with E-state index < -0.39 is 5.97 Å². The van der Waals surface area contributed by atoms with Crippen molar-refractivity contribution in [2.45, 2.75) is 33.0 Å². The molecular formula is C21H22ClNO5. The Labute approximate surface area is 168 Å². The molecule has 0 radical (unpaired) electrons. The number of halogens is 1. The highest BCUT2D eigenvalue weighted by molar-refractivity contribution is 6.30. The summed E-state index contributed by atoms with van der Waals surface area (Å²) >= 11 is 5.80. The van der Waals surface area contributed by atoms with Gasteiger partial charge in [-0.25, -0.2) is 0 Å². The summed E-state index contributed by atoms with van der Waals surface area (Å²) in [7, 11) is 0. The summed E-state index contributed by atoms with van der Waals surface area (Å²) in [6.07, 6.45) is 0.942. The number of esters is 1. The number of rotatable bonds is 7. The van der Waals surface area contributed by atoms with Crippen LogP contribution in [0.2, 0.25) is 5.02 Å². The second kappa shape index (κ2) is 8.97. The van der Waals surface area contributed by atoms with Crippen LogP contribution in [0.3, 0.4) is 0 Å². The van der Waals surface area contributed by atoms with Gasteiger partial charge in [0.25, 0.3) is 5.91 Å². The van der Waals surface area contributed by atoms with Crippen molar-refractivity contribution in [1.29, 1.82) is 0 Å². The maximum absolute atomic E-state index is 12.0. The summed E-state index contributed by atoms with van der Waals surface area (Å²) in [4.78, 5) is 24.1. The minimum absolute atomic E-state index is 0.0377. The zero-order chi connectivity index (χ0) is 20.1. The van der Waals surface area contributed by atoms with Crippen LogP contribution in [-0.2, 0) is 22.6 Å². The molecule has 0 saturated carbocycles. The van der Waals surface area contributed by atoms with E-state index in [0.717, 1.165) is 23.3 Å². The topological polar surface area (TPSA) is 73.9 Å². The minimum Gasteiger partial charge on any atom is -0.493 e. The van der Waals surface area contributed by atoms with Crippen LogP contribution in [0, 0.1) is 0 Å². The van der Waals surface area contributed by atoms with E-state index in [1.54, 1.807) is 24.3 Å². The van der Waals surface area contributed by atoms with Crippen molar-refractivity contribution in [2.24, 2.45) is 0 Å². The fourth-order valence-corrected chi connectivity index (χ4v) is 3.08. The Kier molecular flexibility index (Phi) is 6.41. The molecule has 1 aliphatic rings. The molecule has 0 aromatic heterocycles. The van der Waals surface area contributed by atoms with E-state index in [0.29, 0.717) is 22.9 Å². The molecule has 1 aliphatic heterocycles. The monoisotopic (exact) mass is 403 g/mol. The first-order valence-corrected chi connectivity index (χ1v) is 9.48. The van der Waals surface area contributed by atoms with Crippen LogP contribution in [0.15, 0.2) is 36.4 Å². The van der Waals surface area contributed by atoms with Crippen LogP contribution in [-0.4, -0.2) is 31.1 Å². The van der Waals surface area contributed by atoms with E-state index in [4.69, 9.17) is 25.8 Å². The number of ether oxygens (including phenoxy) is 3. The fraction of sp³-hybridized carbons (Fsp3) is 0.333. The van der Waals surface area contributed by atoms with Gasteiger partial charge < -0.3 is 19.5 Å². The van der Waals surface area contributed by atoms with Gasteiger partial charge >= 0.3 is 5.97 Å². The first kappa shape index (κ1) is 20.0. The van der Waals surface area contributed by atoms with Crippen molar-refractivity contribution in [3.05, 3.63) is 58.1 Å². The van der Waals surface area contributed by atoms with E-state index in [-0.39, 0.29) is 25.2 Å². The lowest BCUT2D eigenvalue weighted by Crippen LogP contribution is -2.30. The molecule has 3 rings (SSSR count). The first-order chi connectivity index (χ1) is 13.5. The lowest BCUT2D eigenvalue weighted by Gasteiger charge is -2.13. The van der Waals surface area contributed by atoms with Crippen molar-refractivity contribution >= 4 is 23.5 Å². The summed E-state index contributed by atoms with van der Waals surface area (Å²) in [6, 6.07) is 10.2. The third-order valence-corrected chi connectivity index (χ3v) is 4.52. The van der Waals surface area contributed by atoms with Gasteiger partial charge in [0.1, 0.15) is 30.8 Å². The number of nitrogens with one attached hydrogen (secondary N) is 1. The third-order valence-electron chi connectivity index (χ3n) is 4.27. The highest BCUT2D eigenvalue weighted by Gasteiger charge is 2.22. The van der Waals surface area contributed by atoms with Gasteiger partial charge in [0.2, 0.25) is 0 Å². The molecule has 28 heavy (non-hydrogen) atoms. The summed E-state index contributed by atoms with van der Waals surface area (Å²) in [6.45, 7) is 4.21. The Morgan fingerprint density at radius 2 is 2.00 bits per heavy atom. The van der Waals surface area contributed by atoms with Crippen molar-refractivity contribution in [1.82, 2.24) is 5.32 Å². The minimum atomic E-state index is -0.542. The summed E-state index contributed by atoms with van der Waals surface area (Å²) in [5.74, 6) is 0.554. The molecule has 1 heterocycles. The van der Waals surface area contributed by atoms with Gasteiger partial charge in [-0.2, -0.15) is 0 Å². The van der Waals surface area contributed by atoms with Gasteiger partial charge in [0.15, 0.2) is 0 Å². The molecule has 0 aliphatic carbocycles. The van der Waals surface area contributed by atoms with Gasteiger partial charge in [-0.15, -0.1) is 0 Å². The number of fused-ring (bicyclic) bond motifs is 1. The van der Waals surface area contributed by atoms with Gasteiger partial charge in [-0.3, -0.25) is 9.59 Å². The number of benzene rings is 2. The molecule has 2 aromatic rings.